The molecule has 3 heterocycles. The van der Waals surface area contributed by atoms with E-state index in [4.69, 9.17) is 14.2 Å². The van der Waals surface area contributed by atoms with E-state index in [1.807, 2.05) is 27.7 Å². The maximum absolute atomic E-state index is 12.3. The first kappa shape index (κ1) is 18.0. The van der Waals surface area contributed by atoms with Crippen LogP contribution in [0.5, 0.6) is 0 Å². The standard InChI is InChI=1S/C18H24O7/c1-5-6-9-11-8(14(19)24-15(11)20)7-10(23-9)12-13(18(2,3)4)17(22)25-16(12)21/h8-13H,5-7H2,1-4H3. The molecule has 0 aromatic carbocycles. The monoisotopic (exact) mass is 352 g/mol. The van der Waals surface area contributed by atoms with Crippen molar-refractivity contribution in [2.24, 2.45) is 29.1 Å². The highest BCUT2D eigenvalue weighted by atomic mass is 16.6. The van der Waals surface area contributed by atoms with Gasteiger partial charge >= 0.3 is 23.9 Å². The van der Waals surface area contributed by atoms with Crippen molar-refractivity contribution in [3.05, 3.63) is 0 Å². The second-order valence-corrected chi connectivity index (χ2v) is 8.22. The van der Waals surface area contributed by atoms with Crippen LogP contribution in [0.1, 0.15) is 47.0 Å². The molecule has 3 saturated heterocycles. The van der Waals surface area contributed by atoms with Crippen LogP contribution in [-0.4, -0.2) is 36.1 Å². The molecule has 3 aliphatic rings. The molecule has 0 aromatic rings. The Bertz CT molecular complexity index is 617. The Balaban J connectivity index is 1.91. The van der Waals surface area contributed by atoms with Gasteiger partial charge in [-0.25, -0.2) is 0 Å². The molecule has 6 atom stereocenters. The molecule has 0 spiro atoms. The van der Waals surface area contributed by atoms with Gasteiger partial charge in [0.25, 0.3) is 0 Å². The third kappa shape index (κ3) is 2.99. The zero-order valence-electron chi connectivity index (χ0n) is 14.9. The minimum atomic E-state index is -0.767. The number of cyclic esters (lactones) is 4. The summed E-state index contributed by atoms with van der Waals surface area (Å²) in [6, 6.07) is 0. The number of esters is 4. The van der Waals surface area contributed by atoms with Gasteiger partial charge in [0.1, 0.15) is 0 Å². The minimum Gasteiger partial charge on any atom is -0.393 e. The fraction of sp³-hybridized carbons (Fsp3) is 0.778. The van der Waals surface area contributed by atoms with Crippen LogP contribution in [0.25, 0.3) is 0 Å². The van der Waals surface area contributed by atoms with Gasteiger partial charge in [0.05, 0.1) is 35.9 Å². The van der Waals surface area contributed by atoms with Crippen molar-refractivity contribution in [1.82, 2.24) is 0 Å². The molecule has 0 amide bonds. The summed E-state index contributed by atoms with van der Waals surface area (Å²) in [6.45, 7) is 7.56. The Hall–Kier alpha value is -1.76. The summed E-state index contributed by atoms with van der Waals surface area (Å²) in [6.07, 6.45) is 0.403. The van der Waals surface area contributed by atoms with Crippen LogP contribution in [0.3, 0.4) is 0 Å². The Morgan fingerprint density at radius 3 is 2.12 bits per heavy atom. The van der Waals surface area contributed by atoms with Crippen LogP contribution in [0.15, 0.2) is 0 Å². The number of fused-ring (bicyclic) bond motifs is 1. The summed E-state index contributed by atoms with van der Waals surface area (Å²) in [5.41, 5.74) is -0.486. The van der Waals surface area contributed by atoms with Crippen LogP contribution in [0.2, 0.25) is 0 Å². The summed E-state index contributed by atoms with van der Waals surface area (Å²) in [5, 5.41) is 0. The zero-order chi connectivity index (χ0) is 18.5. The van der Waals surface area contributed by atoms with E-state index in [0.717, 1.165) is 6.42 Å². The number of hydrogen-bond acceptors (Lipinski definition) is 7. The zero-order valence-corrected chi connectivity index (χ0v) is 14.9. The molecule has 0 aliphatic carbocycles. The second kappa shape index (κ2) is 6.20. The maximum Gasteiger partial charge on any atom is 0.320 e. The second-order valence-electron chi connectivity index (χ2n) is 8.22. The fourth-order valence-electron chi connectivity index (χ4n) is 4.36. The van der Waals surface area contributed by atoms with Crippen LogP contribution < -0.4 is 0 Å². The largest absolute Gasteiger partial charge is 0.393 e. The van der Waals surface area contributed by atoms with Crippen molar-refractivity contribution in [3.63, 3.8) is 0 Å². The van der Waals surface area contributed by atoms with E-state index in [0.29, 0.717) is 6.42 Å². The smallest absolute Gasteiger partial charge is 0.320 e. The summed E-state index contributed by atoms with van der Waals surface area (Å²) in [7, 11) is 0. The summed E-state index contributed by atoms with van der Waals surface area (Å²) in [4.78, 5) is 48.6. The number of ether oxygens (including phenoxy) is 3. The molecule has 7 nitrogen and oxygen atoms in total. The van der Waals surface area contributed by atoms with Crippen molar-refractivity contribution in [2.45, 2.75) is 59.2 Å². The van der Waals surface area contributed by atoms with E-state index in [9.17, 15) is 19.2 Å². The maximum atomic E-state index is 12.3. The molecule has 0 bridgehead atoms. The van der Waals surface area contributed by atoms with E-state index in [1.165, 1.54) is 0 Å². The Morgan fingerprint density at radius 2 is 1.52 bits per heavy atom. The number of carbonyl (C=O) groups excluding carboxylic acids is 4. The molecule has 7 heteroatoms. The molecular formula is C18H24O7. The number of carbonyl (C=O) groups is 4. The molecule has 0 radical (unpaired) electrons. The first-order valence-electron chi connectivity index (χ1n) is 8.81. The third-order valence-electron chi connectivity index (χ3n) is 5.44. The van der Waals surface area contributed by atoms with Gasteiger partial charge in [-0.05, 0) is 18.3 Å². The SMILES string of the molecule is CCCC1OC(C2C(=O)OC(=O)C2C(C)(C)C)CC2C(=O)OC(=O)C12. The molecule has 6 unspecified atom stereocenters. The molecule has 3 fully saturated rings. The average Bonchev–Trinajstić information content (AvgIpc) is 2.95. The molecule has 0 aromatic heterocycles. The van der Waals surface area contributed by atoms with Crippen LogP contribution >= 0.6 is 0 Å². The van der Waals surface area contributed by atoms with E-state index in [-0.39, 0.29) is 6.42 Å². The van der Waals surface area contributed by atoms with Gasteiger partial charge in [0, 0.05) is 0 Å². The van der Waals surface area contributed by atoms with Crippen LogP contribution in [0, 0.1) is 29.1 Å². The van der Waals surface area contributed by atoms with E-state index < -0.39 is 65.2 Å². The summed E-state index contributed by atoms with van der Waals surface area (Å²) in [5.74, 6) is -4.92. The molecule has 3 rings (SSSR count). The minimum absolute atomic E-state index is 0.190. The molecule has 3 aliphatic heterocycles. The Kier molecular flexibility index (Phi) is 4.47. The van der Waals surface area contributed by atoms with Crippen molar-refractivity contribution >= 4 is 23.9 Å². The van der Waals surface area contributed by atoms with Crippen LogP contribution in [-0.2, 0) is 33.4 Å². The third-order valence-corrected chi connectivity index (χ3v) is 5.44. The van der Waals surface area contributed by atoms with Crippen molar-refractivity contribution in [3.8, 4) is 0 Å². The quantitative estimate of drug-likeness (QED) is 0.562. The topological polar surface area (TPSA) is 96.0 Å². The first-order chi connectivity index (χ1) is 11.6. The van der Waals surface area contributed by atoms with Gasteiger partial charge in [-0.3, -0.25) is 19.2 Å². The molecule has 25 heavy (non-hydrogen) atoms. The highest BCUT2D eigenvalue weighted by molar-refractivity contribution is 5.98. The summed E-state index contributed by atoms with van der Waals surface area (Å²) < 4.78 is 15.8. The van der Waals surface area contributed by atoms with E-state index in [1.54, 1.807) is 0 Å². The van der Waals surface area contributed by atoms with Crippen molar-refractivity contribution in [2.75, 3.05) is 0 Å². The Morgan fingerprint density at radius 1 is 0.920 bits per heavy atom. The molecule has 0 N–H and O–H groups in total. The normalized spacial score (nSPS) is 38.6. The lowest BCUT2D eigenvalue weighted by Crippen LogP contribution is -2.49. The fourth-order valence-corrected chi connectivity index (χ4v) is 4.36. The average molecular weight is 352 g/mol. The van der Waals surface area contributed by atoms with Gasteiger partial charge in [-0.2, -0.15) is 0 Å². The van der Waals surface area contributed by atoms with Crippen molar-refractivity contribution in [1.29, 1.82) is 0 Å². The van der Waals surface area contributed by atoms with Crippen LogP contribution in [0.4, 0.5) is 0 Å². The van der Waals surface area contributed by atoms with E-state index in [2.05, 4.69) is 0 Å². The Labute approximate surface area is 146 Å². The molecule has 138 valence electrons. The lowest BCUT2D eigenvalue weighted by molar-refractivity contribution is -0.165. The van der Waals surface area contributed by atoms with Crippen molar-refractivity contribution < 1.29 is 33.4 Å². The highest BCUT2D eigenvalue weighted by Gasteiger charge is 2.59. The van der Waals surface area contributed by atoms with Gasteiger partial charge < -0.3 is 14.2 Å². The molecular weight excluding hydrogens is 328 g/mol. The summed E-state index contributed by atoms with van der Waals surface area (Å²) >= 11 is 0. The van der Waals surface area contributed by atoms with Gasteiger partial charge in [-0.15, -0.1) is 0 Å². The highest BCUT2D eigenvalue weighted by Crippen LogP contribution is 2.47. The lowest BCUT2D eigenvalue weighted by Gasteiger charge is -2.39. The van der Waals surface area contributed by atoms with Gasteiger partial charge in [0.2, 0.25) is 0 Å². The first-order valence-corrected chi connectivity index (χ1v) is 8.81. The van der Waals surface area contributed by atoms with Gasteiger partial charge in [-0.1, -0.05) is 34.1 Å². The number of rotatable bonds is 3. The number of hydrogen-bond donors (Lipinski definition) is 0. The lowest BCUT2D eigenvalue weighted by atomic mass is 9.69. The van der Waals surface area contributed by atoms with E-state index >= 15 is 0 Å². The molecule has 0 saturated carbocycles. The predicted octanol–water partition coefficient (Wildman–Crippen LogP) is 1.62. The van der Waals surface area contributed by atoms with Gasteiger partial charge in [0.15, 0.2) is 0 Å². The predicted molar refractivity (Wildman–Crippen MR) is 83.8 cm³/mol.